The highest BCUT2D eigenvalue weighted by atomic mass is 16.1. The maximum absolute atomic E-state index is 12.3. The number of hydrogen-bond donors (Lipinski definition) is 1. The van der Waals surface area contributed by atoms with Crippen LogP contribution in [-0.2, 0) is 11.2 Å². The van der Waals surface area contributed by atoms with Crippen molar-refractivity contribution >= 4 is 5.91 Å². The van der Waals surface area contributed by atoms with Crippen LogP contribution in [-0.4, -0.2) is 21.2 Å². The highest BCUT2D eigenvalue weighted by Crippen LogP contribution is 2.19. The predicted molar refractivity (Wildman–Crippen MR) is 89.2 cm³/mol. The number of para-hydroxylation sites is 1. The second-order valence-corrected chi connectivity index (χ2v) is 5.92. The van der Waals surface area contributed by atoms with Gasteiger partial charge in [0.25, 0.3) is 0 Å². The molecule has 0 radical (unpaired) electrons. The van der Waals surface area contributed by atoms with E-state index in [9.17, 15) is 10.1 Å². The first-order chi connectivity index (χ1) is 10.9. The molecule has 2 rings (SSSR count). The largest absolute Gasteiger partial charge is 0.338 e. The van der Waals surface area contributed by atoms with Crippen molar-refractivity contribution in [2.24, 2.45) is 0 Å². The van der Waals surface area contributed by atoms with Gasteiger partial charge in [0.05, 0.1) is 23.9 Å². The molecule has 1 aromatic heterocycles. The van der Waals surface area contributed by atoms with E-state index in [4.69, 9.17) is 0 Å². The Morgan fingerprint density at radius 1 is 1.35 bits per heavy atom. The zero-order valence-electron chi connectivity index (χ0n) is 14.1. The second kappa shape index (κ2) is 6.66. The maximum Gasteiger partial charge on any atom is 0.225 e. The van der Waals surface area contributed by atoms with Crippen molar-refractivity contribution < 1.29 is 4.79 Å². The van der Waals surface area contributed by atoms with Crippen molar-refractivity contribution in [3.63, 3.8) is 0 Å². The standard InChI is InChI=1S/C18H22N4O/c1-5-18(4,12-19)20-17(23)11-16-13(2)21-22(14(16)3)15-9-7-6-8-10-15/h6-10H,5,11H2,1-4H3,(H,20,23)/t18-/m0/s1. The Kier molecular flexibility index (Phi) is 4.85. The van der Waals surface area contributed by atoms with Gasteiger partial charge in [-0.25, -0.2) is 4.68 Å². The van der Waals surface area contributed by atoms with Crippen molar-refractivity contribution in [3.8, 4) is 11.8 Å². The molecule has 1 N–H and O–H groups in total. The molecular weight excluding hydrogens is 288 g/mol. The lowest BCUT2D eigenvalue weighted by atomic mass is 10.0. The van der Waals surface area contributed by atoms with E-state index in [0.717, 1.165) is 22.6 Å². The number of nitriles is 1. The molecule has 0 saturated carbocycles. The lowest BCUT2D eigenvalue weighted by molar-refractivity contribution is -0.121. The fraction of sp³-hybridized carbons (Fsp3) is 0.389. The number of nitrogens with zero attached hydrogens (tertiary/aromatic N) is 3. The fourth-order valence-electron chi connectivity index (χ4n) is 2.46. The van der Waals surface area contributed by atoms with Crippen molar-refractivity contribution in [1.29, 1.82) is 5.26 Å². The average molecular weight is 310 g/mol. The summed E-state index contributed by atoms with van der Waals surface area (Å²) < 4.78 is 1.85. The summed E-state index contributed by atoms with van der Waals surface area (Å²) in [5, 5.41) is 16.5. The molecule has 0 aliphatic carbocycles. The van der Waals surface area contributed by atoms with Crippen LogP contribution in [0.3, 0.4) is 0 Å². The minimum atomic E-state index is -0.825. The molecule has 0 aliphatic rings. The van der Waals surface area contributed by atoms with Crippen LogP contribution in [0.15, 0.2) is 30.3 Å². The molecule has 1 atom stereocenters. The first-order valence-corrected chi connectivity index (χ1v) is 7.73. The van der Waals surface area contributed by atoms with Crippen LogP contribution in [0.1, 0.15) is 37.2 Å². The molecule has 5 nitrogen and oxygen atoms in total. The number of nitrogens with one attached hydrogen (secondary N) is 1. The van der Waals surface area contributed by atoms with E-state index in [0.29, 0.717) is 6.42 Å². The SMILES string of the molecule is CC[C@@](C)(C#N)NC(=O)Cc1c(C)nn(-c2ccccc2)c1C. The van der Waals surface area contributed by atoms with E-state index in [-0.39, 0.29) is 12.3 Å². The Labute approximate surface area is 136 Å². The normalized spacial score (nSPS) is 13.2. The molecule has 1 amide bonds. The third-order valence-electron chi connectivity index (χ3n) is 4.15. The smallest absolute Gasteiger partial charge is 0.225 e. The number of carbonyl (C=O) groups is 1. The lowest BCUT2D eigenvalue weighted by Gasteiger charge is -2.21. The molecule has 5 heteroatoms. The zero-order chi connectivity index (χ0) is 17.0. The van der Waals surface area contributed by atoms with Crippen LogP contribution in [0.25, 0.3) is 5.69 Å². The molecule has 2 aromatic rings. The average Bonchev–Trinajstić information content (AvgIpc) is 2.83. The van der Waals surface area contributed by atoms with Crippen molar-refractivity contribution in [3.05, 3.63) is 47.3 Å². The Bertz CT molecular complexity index is 742. The van der Waals surface area contributed by atoms with Crippen LogP contribution in [0.2, 0.25) is 0 Å². The number of benzene rings is 1. The van der Waals surface area contributed by atoms with Crippen molar-refractivity contribution in [2.75, 3.05) is 0 Å². The van der Waals surface area contributed by atoms with Crippen molar-refractivity contribution in [2.45, 2.75) is 46.1 Å². The molecular formula is C18H22N4O. The highest BCUT2D eigenvalue weighted by Gasteiger charge is 2.25. The minimum Gasteiger partial charge on any atom is -0.338 e. The first kappa shape index (κ1) is 16.8. The maximum atomic E-state index is 12.3. The summed E-state index contributed by atoms with van der Waals surface area (Å²) in [7, 11) is 0. The minimum absolute atomic E-state index is 0.158. The van der Waals surface area contributed by atoms with E-state index >= 15 is 0 Å². The quantitative estimate of drug-likeness (QED) is 0.923. The van der Waals surface area contributed by atoms with Crippen LogP contribution in [0, 0.1) is 25.2 Å². The summed E-state index contributed by atoms with van der Waals surface area (Å²) in [6.45, 7) is 7.47. The summed E-state index contributed by atoms with van der Waals surface area (Å²) >= 11 is 0. The number of hydrogen-bond acceptors (Lipinski definition) is 3. The van der Waals surface area contributed by atoms with Crippen molar-refractivity contribution in [1.82, 2.24) is 15.1 Å². The van der Waals surface area contributed by atoms with E-state index in [1.54, 1.807) is 6.92 Å². The predicted octanol–water partition coefficient (Wildman–Crippen LogP) is 2.84. The van der Waals surface area contributed by atoms with Gasteiger partial charge in [0.15, 0.2) is 0 Å². The molecule has 120 valence electrons. The molecule has 0 fully saturated rings. The lowest BCUT2D eigenvalue weighted by Crippen LogP contribution is -2.45. The number of amides is 1. The molecule has 0 bridgehead atoms. The van der Waals surface area contributed by atoms with E-state index in [1.165, 1.54) is 0 Å². The van der Waals surface area contributed by atoms with Crippen LogP contribution < -0.4 is 5.32 Å². The fourth-order valence-corrected chi connectivity index (χ4v) is 2.46. The molecule has 23 heavy (non-hydrogen) atoms. The number of aromatic nitrogens is 2. The zero-order valence-corrected chi connectivity index (χ0v) is 14.1. The van der Waals surface area contributed by atoms with Gasteiger partial charge < -0.3 is 5.32 Å². The van der Waals surface area contributed by atoms with Crippen LogP contribution in [0.5, 0.6) is 0 Å². The third kappa shape index (κ3) is 3.59. The second-order valence-electron chi connectivity index (χ2n) is 5.92. The number of aryl methyl sites for hydroxylation is 1. The Morgan fingerprint density at radius 3 is 2.57 bits per heavy atom. The topological polar surface area (TPSA) is 70.7 Å². The molecule has 0 spiro atoms. The van der Waals surface area contributed by atoms with Gasteiger partial charge in [-0.1, -0.05) is 25.1 Å². The summed E-state index contributed by atoms with van der Waals surface area (Å²) in [5.74, 6) is -0.158. The number of rotatable bonds is 5. The Hall–Kier alpha value is -2.61. The first-order valence-electron chi connectivity index (χ1n) is 7.73. The Morgan fingerprint density at radius 2 is 2.00 bits per heavy atom. The van der Waals surface area contributed by atoms with Crippen LogP contribution >= 0.6 is 0 Å². The van der Waals surface area contributed by atoms with E-state index in [1.807, 2.05) is 55.8 Å². The molecule has 1 heterocycles. The third-order valence-corrected chi connectivity index (χ3v) is 4.15. The summed E-state index contributed by atoms with van der Waals surface area (Å²) in [6, 6.07) is 12.0. The monoisotopic (exact) mass is 310 g/mol. The van der Waals surface area contributed by atoms with Gasteiger partial charge in [0.1, 0.15) is 5.54 Å². The summed E-state index contributed by atoms with van der Waals surface area (Å²) in [6.07, 6.45) is 0.790. The van der Waals surface area contributed by atoms with Gasteiger partial charge in [-0.2, -0.15) is 10.4 Å². The van der Waals surface area contributed by atoms with E-state index < -0.39 is 5.54 Å². The number of carbonyl (C=O) groups excluding carboxylic acids is 1. The van der Waals surface area contributed by atoms with Gasteiger partial charge in [0.2, 0.25) is 5.91 Å². The highest BCUT2D eigenvalue weighted by molar-refractivity contribution is 5.80. The van der Waals surface area contributed by atoms with E-state index in [2.05, 4.69) is 16.5 Å². The molecule has 1 aromatic carbocycles. The molecule has 0 unspecified atom stereocenters. The summed E-state index contributed by atoms with van der Waals surface area (Å²) in [5.41, 5.74) is 2.82. The van der Waals surface area contributed by atoms with Gasteiger partial charge in [-0.3, -0.25) is 4.79 Å². The van der Waals surface area contributed by atoms with Gasteiger partial charge in [0, 0.05) is 11.3 Å². The summed E-state index contributed by atoms with van der Waals surface area (Å²) in [4.78, 5) is 12.3. The molecule has 0 saturated heterocycles. The van der Waals surface area contributed by atoms with Gasteiger partial charge >= 0.3 is 0 Å². The Balaban J connectivity index is 2.24. The van der Waals surface area contributed by atoms with Crippen LogP contribution in [0.4, 0.5) is 0 Å². The van der Waals surface area contributed by atoms with Gasteiger partial charge in [-0.05, 0) is 39.3 Å². The molecule has 0 aliphatic heterocycles. The van der Waals surface area contributed by atoms with Gasteiger partial charge in [-0.15, -0.1) is 0 Å².